The number of hydrogen-bond acceptors (Lipinski definition) is 5. The molecule has 0 N–H and O–H groups in total. The van der Waals surface area contributed by atoms with Crippen LogP contribution in [0, 0.1) is 13.8 Å². The molecule has 0 saturated carbocycles. The predicted molar refractivity (Wildman–Crippen MR) is 113 cm³/mol. The first-order chi connectivity index (χ1) is 13.7. The van der Waals surface area contributed by atoms with Crippen LogP contribution in [0.4, 0.5) is 0 Å². The molecule has 2 aromatic rings. The monoisotopic (exact) mass is 418 g/mol. The van der Waals surface area contributed by atoms with E-state index in [2.05, 4.69) is 5.10 Å². The van der Waals surface area contributed by atoms with Gasteiger partial charge in [-0.25, -0.2) is 8.42 Å². The highest BCUT2D eigenvalue weighted by Gasteiger charge is 2.31. The molecule has 0 bridgehead atoms. The number of hydrogen-bond donors (Lipinski definition) is 0. The molecule has 1 aromatic heterocycles. The van der Waals surface area contributed by atoms with Gasteiger partial charge >= 0.3 is 0 Å². The maximum absolute atomic E-state index is 12.6. The predicted octanol–water partition coefficient (Wildman–Crippen LogP) is 1.95. The molecule has 0 spiro atoms. The summed E-state index contributed by atoms with van der Waals surface area (Å²) in [5.41, 5.74) is 4.05. The number of sulfone groups is 1. The van der Waals surface area contributed by atoms with Crippen LogP contribution in [0.5, 0.6) is 0 Å². The number of aryl methyl sites for hydroxylation is 1. The summed E-state index contributed by atoms with van der Waals surface area (Å²) in [6, 6.07) is 9.84. The van der Waals surface area contributed by atoms with Gasteiger partial charge in [-0.1, -0.05) is 30.3 Å². The van der Waals surface area contributed by atoms with Crippen LogP contribution in [-0.2, 0) is 27.7 Å². The van der Waals surface area contributed by atoms with E-state index in [-0.39, 0.29) is 23.5 Å². The number of nitrogens with zero attached hydrogens (tertiary/aromatic N) is 4. The van der Waals surface area contributed by atoms with Crippen molar-refractivity contribution >= 4 is 15.7 Å². The Labute approximate surface area is 173 Å². The number of carbonyl (C=O) groups is 1. The van der Waals surface area contributed by atoms with Gasteiger partial charge in [0.25, 0.3) is 0 Å². The summed E-state index contributed by atoms with van der Waals surface area (Å²) in [7, 11) is 0.779. The topological polar surface area (TPSA) is 75.5 Å². The fraction of sp³-hybridized carbons (Fsp3) is 0.524. The van der Waals surface area contributed by atoms with Crippen molar-refractivity contribution in [2.75, 3.05) is 32.1 Å². The van der Waals surface area contributed by atoms with E-state index in [0.29, 0.717) is 26.1 Å². The van der Waals surface area contributed by atoms with Crippen molar-refractivity contribution in [1.82, 2.24) is 19.6 Å². The highest BCUT2D eigenvalue weighted by Crippen LogP contribution is 2.27. The number of carbonyl (C=O) groups excluding carboxylic acids is 1. The van der Waals surface area contributed by atoms with Gasteiger partial charge in [0.15, 0.2) is 9.84 Å². The van der Waals surface area contributed by atoms with Crippen LogP contribution in [0.15, 0.2) is 30.3 Å². The molecule has 1 aliphatic rings. The molecule has 0 aliphatic carbocycles. The molecule has 1 fully saturated rings. The van der Waals surface area contributed by atoms with Gasteiger partial charge in [0.2, 0.25) is 5.91 Å². The van der Waals surface area contributed by atoms with Crippen LogP contribution in [0.25, 0.3) is 0 Å². The molecule has 1 aromatic carbocycles. The number of likely N-dealkylation sites (N-methyl/N-ethyl adjacent to an activating group) is 2. The van der Waals surface area contributed by atoms with Crippen molar-refractivity contribution in [3.63, 3.8) is 0 Å². The Hall–Kier alpha value is -2.19. The van der Waals surface area contributed by atoms with E-state index in [0.717, 1.165) is 22.5 Å². The highest BCUT2D eigenvalue weighted by atomic mass is 32.2. The molecule has 29 heavy (non-hydrogen) atoms. The molecular weight excluding hydrogens is 388 g/mol. The lowest BCUT2D eigenvalue weighted by atomic mass is 10.1. The van der Waals surface area contributed by atoms with Gasteiger partial charge in [0.05, 0.1) is 29.8 Å². The second kappa shape index (κ2) is 8.67. The van der Waals surface area contributed by atoms with Crippen LogP contribution in [0.1, 0.15) is 35.0 Å². The second-order valence-corrected chi connectivity index (χ2v) is 10.3. The van der Waals surface area contributed by atoms with E-state index < -0.39 is 9.84 Å². The van der Waals surface area contributed by atoms with Crippen molar-refractivity contribution in [2.45, 2.75) is 39.4 Å². The lowest BCUT2D eigenvalue weighted by Crippen LogP contribution is -2.36. The van der Waals surface area contributed by atoms with E-state index in [9.17, 15) is 13.2 Å². The third-order valence-electron chi connectivity index (χ3n) is 5.55. The quantitative estimate of drug-likeness (QED) is 0.687. The average Bonchev–Trinajstić information content (AvgIpc) is 3.16. The minimum atomic E-state index is -2.96. The standard InChI is InChI=1S/C21H30N4O3S/c1-16-20(17(2)25(22-16)19-10-11-29(27,28)15-19)13-23(3)14-21(26)24(4)12-18-8-6-5-7-9-18/h5-9,19H,10-15H2,1-4H3/t19-/m1/s1. The number of amides is 1. The summed E-state index contributed by atoms with van der Waals surface area (Å²) in [5, 5.41) is 4.61. The van der Waals surface area contributed by atoms with Crippen molar-refractivity contribution in [3.05, 3.63) is 52.8 Å². The van der Waals surface area contributed by atoms with Crippen molar-refractivity contribution in [2.24, 2.45) is 0 Å². The Morgan fingerprint density at radius 1 is 1.17 bits per heavy atom. The summed E-state index contributed by atoms with van der Waals surface area (Å²) >= 11 is 0. The number of rotatable bonds is 7. The Balaban J connectivity index is 1.62. The summed E-state index contributed by atoms with van der Waals surface area (Å²) in [6.07, 6.45) is 0.613. The normalized spacial score (nSPS) is 18.3. The molecule has 1 aliphatic heterocycles. The van der Waals surface area contributed by atoms with Crippen LogP contribution in [-0.4, -0.2) is 66.1 Å². The molecule has 7 nitrogen and oxygen atoms in total. The smallest absolute Gasteiger partial charge is 0.236 e. The van der Waals surface area contributed by atoms with E-state index in [1.807, 2.05) is 67.9 Å². The van der Waals surface area contributed by atoms with Crippen LogP contribution < -0.4 is 0 Å². The second-order valence-electron chi connectivity index (χ2n) is 8.06. The van der Waals surface area contributed by atoms with Crippen LogP contribution in [0.2, 0.25) is 0 Å². The van der Waals surface area contributed by atoms with Crippen LogP contribution in [0.3, 0.4) is 0 Å². The zero-order valence-corrected chi connectivity index (χ0v) is 18.4. The first-order valence-electron chi connectivity index (χ1n) is 9.87. The number of aromatic nitrogens is 2. The lowest BCUT2D eigenvalue weighted by molar-refractivity contribution is -0.131. The Kier molecular flexibility index (Phi) is 6.43. The summed E-state index contributed by atoms with van der Waals surface area (Å²) in [4.78, 5) is 16.3. The molecule has 1 saturated heterocycles. The van der Waals surface area contributed by atoms with E-state index in [1.165, 1.54) is 0 Å². The molecular formula is C21H30N4O3S. The van der Waals surface area contributed by atoms with Crippen LogP contribution >= 0.6 is 0 Å². The van der Waals surface area contributed by atoms with Gasteiger partial charge in [-0.2, -0.15) is 5.10 Å². The zero-order valence-electron chi connectivity index (χ0n) is 17.6. The molecule has 2 heterocycles. The van der Waals surface area contributed by atoms with E-state index >= 15 is 0 Å². The van der Waals surface area contributed by atoms with Gasteiger partial charge in [-0.15, -0.1) is 0 Å². The minimum Gasteiger partial charge on any atom is -0.340 e. The molecule has 0 unspecified atom stereocenters. The van der Waals surface area contributed by atoms with Gasteiger partial charge in [-0.3, -0.25) is 14.4 Å². The molecule has 3 rings (SSSR count). The fourth-order valence-electron chi connectivity index (χ4n) is 3.87. The summed E-state index contributed by atoms with van der Waals surface area (Å²) < 4.78 is 25.5. The third-order valence-corrected chi connectivity index (χ3v) is 7.30. The van der Waals surface area contributed by atoms with Gasteiger partial charge in [0, 0.05) is 31.4 Å². The summed E-state index contributed by atoms with van der Waals surface area (Å²) in [6.45, 7) is 5.42. The molecule has 1 atom stereocenters. The molecule has 1 amide bonds. The maximum atomic E-state index is 12.6. The van der Waals surface area contributed by atoms with Gasteiger partial charge in [-0.05, 0) is 32.9 Å². The largest absolute Gasteiger partial charge is 0.340 e. The molecule has 158 valence electrons. The van der Waals surface area contributed by atoms with Crippen molar-refractivity contribution in [1.29, 1.82) is 0 Å². The molecule has 0 radical (unpaired) electrons. The Morgan fingerprint density at radius 2 is 1.86 bits per heavy atom. The van der Waals surface area contributed by atoms with Gasteiger partial charge in [0.1, 0.15) is 0 Å². The summed E-state index contributed by atoms with van der Waals surface area (Å²) in [5.74, 6) is 0.446. The number of benzene rings is 1. The van der Waals surface area contributed by atoms with E-state index in [1.54, 1.807) is 4.90 Å². The Morgan fingerprint density at radius 3 is 2.48 bits per heavy atom. The Bertz CT molecular complexity index is 969. The SMILES string of the molecule is Cc1nn([C@@H]2CCS(=O)(=O)C2)c(C)c1CN(C)CC(=O)N(C)Cc1ccccc1. The third kappa shape index (κ3) is 5.25. The first-order valence-corrected chi connectivity index (χ1v) is 11.7. The zero-order chi connectivity index (χ0) is 21.2. The van der Waals surface area contributed by atoms with Gasteiger partial charge < -0.3 is 4.90 Å². The first kappa shape index (κ1) is 21.5. The highest BCUT2D eigenvalue weighted by molar-refractivity contribution is 7.91. The minimum absolute atomic E-state index is 0.0564. The van der Waals surface area contributed by atoms with Crippen molar-refractivity contribution < 1.29 is 13.2 Å². The molecule has 8 heteroatoms. The maximum Gasteiger partial charge on any atom is 0.236 e. The lowest BCUT2D eigenvalue weighted by Gasteiger charge is -2.22. The average molecular weight is 419 g/mol. The van der Waals surface area contributed by atoms with E-state index in [4.69, 9.17) is 0 Å². The van der Waals surface area contributed by atoms with Crippen molar-refractivity contribution in [3.8, 4) is 0 Å². The fourth-order valence-corrected chi connectivity index (χ4v) is 5.56.